The summed E-state index contributed by atoms with van der Waals surface area (Å²) in [5.41, 5.74) is 12.0. The Morgan fingerprint density at radius 1 is 0.586 bits per heavy atom. The number of halogens is 1. The predicted molar refractivity (Wildman–Crippen MR) is 272 cm³/mol. The maximum atomic E-state index is 13.3. The van der Waals surface area contributed by atoms with E-state index >= 15 is 0 Å². The highest BCUT2D eigenvalue weighted by molar-refractivity contribution is 6.05. The van der Waals surface area contributed by atoms with Crippen LogP contribution < -0.4 is 16.7 Å². The third-order valence-corrected chi connectivity index (χ3v) is 13.0. The minimum absolute atomic E-state index is 0. The van der Waals surface area contributed by atoms with Crippen molar-refractivity contribution in [1.82, 2.24) is 68.0 Å². The molecular weight excluding hydrogens is 908 g/mol. The van der Waals surface area contributed by atoms with Crippen molar-refractivity contribution in [1.29, 1.82) is 0 Å². The molecule has 8 aromatic heterocycles. The van der Waals surface area contributed by atoms with Crippen LogP contribution in [0.2, 0.25) is 0 Å². The number of nitrogens with one attached hydrogen (secondary N) is 1. The summed E-state index contributed by atoms with van der Waals surface area (Å²) in [5, 5.41) is 13.6. The first-order chi connectivity index (χ1) is 33.2. The van der Waals surface area contributed by atoms with Crippen molar-refractivity contribution in [3.05, 3.63) is 131 Å². The highest BCUT2D eigenvalue weighted by Crippen LogP contribution is 2.34. The van der Waals surface area contributed by atoms with E-state index in [-0.39, 0.29) is 42.0 Å². The van der Waals surface area contributed by atoms with Crippen LogP contribution in [0.3, 0.4) is 0 Å². The topological polar surface area (TPSA) is 183 Å². The molecule has 10 heterocycles. The Morgan fingerprint density at radius 3 is 1.43 bits per heavy atom. The number of hydrogen-bond acceptors (Lipinski definition) is 11. The average Bonchev–Trinajstić information content (AvgIpc) is 4.07. The van der Waals surface area contributed by atoms with Crippen LogP contribution in [0.4, 0.5) is 4.79 Å². The summed E-state index contributed by atoms with van der Waals surface area (Å²) in [5.74, 6) is 0. The Labute approximate surface area is 407 Å². The number of aryl methyl sites for hydroxylation is 4. The minimum atomic E-state index is -0.568. The fourth-order valence-corrected chi connectivity index (χ4v) is 9.22. The molecule has 18 nitrogen and oxygen atoms in total. The molecule has 356 valence electrons. The summed E-state index contributed by atoms with van der Waals surface area (Å²) in [4.78, 5) is 58.9. The van der Waals surface area contributed by atoms with Gasteiger partial charge in [0.2, 0.25) is 0 Å². The SMILES string of the molecule is Cl.Cn1cc(-c2ccc(-c3ccc4ncc5c(c4c3)n(C3CN(C(=O)OC(C)(C)C)C3)c(=O)n5C)cn2)cn1.Cn1cc(-c2ccc(-c3ccc4ncc5c(c4c3)n(C3CNC3)c(=O)n5C)cn2)cn1. The van der Waals surface area contributed by atoms with Gasteiger partial charge in [-0.2, -0.15) is 10.2 Å². The number of carbonyl (C=O) groups excluding carboxylic acids is 1. The Morgan fingerprint density at radius 2 is 1.04 bits per heavy atom. The molecule has 2 aliphatic heterocycles. The van der Waals surface area contributed by atoms with E-state index in [9.17, 15) is 14.4 Å². The smallest absolute Gasteiger partial charge is 0.410 e. The molecule has 1 amide bonds. The van der Waals surface area contributed by atoms with E-state index in [2.05, 4.69) is 59.7 Å². The molecular formula is C51H51ClN14O4. The van der Waals surface area contributed by atoms with Crippen molar-refractivity contribution in [2.24, 2.45) is 28.2 Å². The van der Waals surface area contributed by atoms with E-state index in [1.165, 1.54) is 0 Å². The lowest BCUT2D eigenvalue weighted by Gasteiger charge is -2.40. The summed E-state index contributed by atoms with van der Waals surface area (Å²) in [6.45, 7) is 7.97. The van der Waals surface area contributed by atoms with Gasteiger partial charge >= 0.3 is 17.5 Å². The average molecular weight is 960 g/mol. The standard InChI is InChI=1S/C28H29N7O3.C23H21N7O.ClH/c1-28(2,3)38-27(37)34-15-20(16-34)35-25-21-10-17(6-9-23(21)30-13-24(25)33(5)26(35)36)18-7-8-22(29-11-18)19-12-31-32(4)14-19;1-28-13-16(9-27-28)19-5-4-15(8-25-19)14-3-6-20-18(7-14)22-21(12-26-20)29(2)23(31)30(22)17-10-24-11-17;/h6-14,20H,15-16H2,1-5H3;3-9,12-13,17,24H,10-11H2,1-2H3;1H. The first-order valence-corrected chi connectivity index (χ1v) is 22.8. The first-order valence-electron chi connectivity index (χ1n) is 22.8. The molecule has 0 saturated carbocycles. The molecule has 12 rings (SSSR count). The third-order valence-electron chi connectivity index (χ3n) is 13.0. The van der Waals surface area contributed by atoms with E-state index in [1.807, 2.05) is 114 Å². The van der Waals surface area contributed by atoms with Crippen molar-refractivity contribution in [2.75, 3.05) is 26.2 Å². The Balaban J connectivity index is 0.000000163. The molecule has 10 aromatic rings. The molecule has 2 fully saturated rings. The quantitative estimate of drug-likeness (QED) is 0.180. The van der Waals surface area contributed by atoms with Crippen molar-refractivity contribution >= 4 is 62.4 Å². The number of fused-ring (bicyclic) bond motifs is 6. The monoisotopic (exact) mass is 958 g/mol. The summed E-state index contributed by atoms with van der Waals surface area (Å²) >= 11 is 0. The van der Waals surface area contributed by atoms with Crippen LogP contribution in [0.15, 0.2) is 120 Å². The van der Waals surface area contributed by atoms with Gasteiger partial charge in [0.1, 0.15) is 5.60 Å². The third kappa shape index (κ3) is 8.07. The van der Waals surface area contributed by atoms with E-state index < -0.39 is 5.60 Å². The van der Waals surface area contributed by atoms with Gasteiger partial charge in [-0.3, -0.25) is 47.6 Å². The molecule has 2 aliphatic rings. The van der Waals surface area contributed by atoms with Crippen LogP contribution in [0.1, 0.15) is 32.9 Å². The summed E-state index contributed by atoms with van der Waals surface area (Å²) < 4.78 is 16.0. The lowest BCUT2D eigenvalue weighted by atomic mass is 10.0. The fourth-order valence-electron chi connectivity index (χ4n) is 9.22. The van der Waals surface area contributed by atoms with Gasteiger partial charge in [-0.15, -0.1) is 12.4 Å². The fraction of sp³-hybridized carbons (Fsp3) is 0.275. The largest absolute Gasteiger partial charge is 0.444 e. The van der Waals surface area contributed by atoms with Crippen LogP contribution in [-0.2, 0) is 32.9 Å². The van der Waals surface area contributed by atoms with E-state index in [4.69, 9.17) is 4.74 Å². The number of ether oxygens (including phenoxy) is 1. The number of amides is 1. The number of carbonyl (C=O) groups is 1. The number of rotatable bonds is 6. The van der Waals surface area contributed by atoms with Crippen LogP contribution in [-0.4, -0.2) is 101 Å². The lowest BCUT2D eigenvalue weighted by Crippen LogP contribution is -2.53. The number of pyridine rings is 4. The van der Waals surface area contributed by atoms with Crippen molar-refractivity contribution in [2.45, 2.75) is 38.5 Å². The summed E-state index contributed by atoms with van der Waals surface area (Å²) in [6, 6.07) is 20.3. The van der Waals surface area contributed by atoms with Gasteiger partial charge in [0.25, 0.3) is 0 Å². The van der Waals surface area contributed by atoms with Crippen LogP contribution >= 0.6 is 12.4 Å². The second-order valence-corrected chi connectivity index (χ2v) is 18.9. The molecule has 0 bridgehead atoms. The van der Waals surface area contributed by atoms with Gasteiger partial charge in [0.15, 0.2) is 0 Å². The minimum Gasteiger partial charge on any atom is -0.444 e. The number of nitrogens with zero attached hydrogens (tertiary/aromatic N) is 13. The number of hydrogen-bond donors (Lipinski definition) is 1. The molecule has 1 N–H and O–H groups in total. The number of benzene rings is 2. The van der Waals surface area contributed by atoms with Crippen molar-refractivity contribution in [3.63, 3.8) is 0 Å². The number of likely N-dealkylation sites (tertiary alicyclic amines) is 1. The molecule has 0 spiro atoms. The highest BCUT2D eigenvalue weighted by Gasteiger charge is 2.37. The van der Waals surface area contributed by atoms with E-state index in [0.717, 1.165) is 102 Å². The second kappa shape index (κ2) is 17.5. The molecule has 0 aliphatic carbocycles. The van der Waals surface area contributed by atoms with Gasteiger partial charge in [0.05, 0.1) is 81.4 Å². The number of imidazole rings is 2. The Kier molecular flexibility index (Phi) is 11.5. The zero-order chi connectivity index (χ0) is 47.9. The normalized spacial score (nSPS) is 14.1. The maximum Gasteiger partial charge on any atom is 0.410 e. The predicted octanol–water partition coefficient (Wildman–Crippen LogP) is 7.06. The zero-order valence-electron chi connectivity index (χ0n) is 39.7. The lowest BCUT2D eigenvalue weighted by molar-refractivity contribution is 0.00112. The number of aromatic nitrogens is 12. The first kappa shape index (κ1) is 45.8. The van der Waals surface area contributed by atoms with Gasteiger partial charge in [0, 0.05) is 112 Å². The molecule has 70 heavy (non-hydrogen) atoms. The van der Waals surface area contributed by atoms with Crippen LogP contribution in [0.5, 0.6) is 0 Å². The molecule has 2 aromatic carbocycles. The maximum absolute atomic E-state index is 13.3. The van der Waals surface area contributed by atoms with Crippen molar-refractivity contribution < 1.29 is 9.53 Å². The Hall–Kier alpha value is -7.96. The molecule has 0 atom stereocenters. The van der Waals surface area contributed by atoms with Gasteiger partial charge < -0.3 is 15.0 Å². The zero-order valence-corrected chi connectivity index (χ0v) is 40.5. The van der Waals surface area contributed by atoms with Gasteiger partial charge in [-0.1, -0.05) is 24.3 Å². The Bertz CT molecular complexity index is 3750. The van der Waals surface area contributed by atoms with Crippen LogP contribution in [0.25, 0.3) is 88.6 Å². The summed E-state index contributed by atoms with van der Waals surface area (Å²) in [7, 11) is 7.34. The van der Waals surface area contributed by atoms with Crippen molar-refractivity contribution in [3.8, 4) is 44.8 Å². The van der Waals surface area contributed by atoms with Gasteiger partial charge in [-0.25, -0.2) is 14.4 Å². The van der Waals surface area contributed by atoms with Gasteiger partial charge in [-0.05, 0) is 68.3 Å². The second-order valence-electron chi connectivity index (χ2n) is 18.9. The van der Waals surface area contributed by atoms with E-state index in [0.29, 0.717) is 13.1 Å². The van der Waals surface area contributed by atoms with Crippen LogP contribution in [0, 0.1) is 0 Å². The molecule has 0 radical (unpaired) electrons. The van der Waals surface area contributed by atoms with E-state index in [1.54, 1.807) is 53.6 Å². The molecule has 0 unspecified atom stereocenters. The summed E-state index contributed by atoms with van der Waals surface area (Å²) in [6.07, 6.45) is 14.4. The highest BCUT2D eigenvalue weighted by atomic mass is 35.5. The molecule has 2 saturated heterocycles. The molecule has 19 heteroatoms.